The second kappa shape index (κ2) is 11.7. The molecule has 1 fully saturated rings. The third kappa shape index (κ3) is 6.09. The van der Waals surface area contributed by atoms with E-state index >= 15 is 0 Å². The van der Waals surface area contributed by atoms with Crippen LogP contribution in [0.2, 0.25) is 0 Å². The molecule has 2 aromatic heterocycles. The maximum absolute atomic E-state index is 14.1. The number of halogens is 2. The Hall–Kier alpha value is -3.21. The molecular weight excluding hydrogens is 515 g/mol. The fraction of sp³-hybridized carbons (Fsp3) is 0.577. The summed E-state index contributed by atoms with van der Waals surface area (Å²) in [6.07, 6.45) is 3.72. The summed E-state index contributed by atoms with van der Waals surface area (Å²) in [4.78, 5) is 46.4. The van der Waals surface area contributed by atoms with Gasteiger partial charge in [-0.25, -0.2) is 18.9 Å². The highest BCUT2D eigenvalue weighted by Crippen LogP contribution is 2.40. The molecule has 2 N–H and O–H groups in total. The molecule has 3 unspecified atom stereocenters. The van der Waals surface area contributed by atoms with Gasteiger partial charge in [0.05, 0.1) is 18.4 Å². The Morgan fingerprint density at radius 2 is 2.03 bits per heavy atom. The van der Waals surface area contributed by atoms with Gasteiger partial charge >= 0.3 is 6.09 Å². The van der Waals surface area contributed by atoms with Gasteiger partial charge in [-0.05, 0) is 36.8 Å². The predicted octanol–water partition coefficient (Wildman–Crippen LogP) is 3.99. The van der Waals surface area contributed by atoms with E-state index in [9.17, 15) is 23.9 Å². The highest BCUT2D eigenvalue weighted by molar-refractivity contribution is 6.27. The van der Waals surface area contributed by atoms with Gasteiger partial charge in [-0.15, -0.1) is 11.6 Å². The molecule has 1 aliphatic heterocycles. The molecule has 208 valence electrons. The molecule has 3 amide bonds. The summed E-state index contributed by atoms with van der Waals surface area (Å²) >= 11 is 5.98. The van der Waals surface area contributed by atoms with E-state index in [0.717, 1.165) is 6.20 Å². The van der Waals surface area contributed by atoms with Crippen molar-refractivity contribution in [2.24, 2.45) is 5.41 Å². The molecule has 0 bridgehead atoms. The Morgan fingerprint density at radius 1 is 1.32 bits per heavy atom. The molecule has 1 aliphatic rings. The van der Waals surface area contributed by atoms with E-state index in [-0.39, 0.29) is 37.1 Å². The number of amides is 3. The number of rotatable bonds is 8. The minimum absolute atomic E-state index is 0.103. The number of carbonyl (C=O) groups excluding carboxylic acids is 2. The van der Waals surface area contributed by atoms with E-state index in [0.29, 0.717) is 24.3 Å². The van der Waals surface area contributed by atoms with Crippen LogP contribution in [0.3, 0.4) is 0 Å². The number of piperidine rings is 1. The van der Waals surface area contributed by atoms with Crippen LogP contribution in [0.4, 0.5) is 9.18 Å². The molecule has 38 heavy (non-hydrogen) atoms. The molecule has 0 radical (unpaired) electrons. The van der Waals surface area contributed by atoms with Crippen LogP contribution in [0.5, 0.6) is 0 Å². The first-order chi connectivity index (χ1) is 17.8. The smallest absolute Gasteiger partial charge is 0.407 e. The lowest BCUT2D eigenvalue weighted by molar-refractivity contribution is -0.153. The van der Waals surface area contributed by atoms with Gasteiger partial charge in [-0.1, -0.05) is 33.8 Å². The highest BCUT2D eigenvalue weighted by Gasteiger charge is 2.54. The normalized spacial score (nSPS) is 20.6. The Kier molecular flexibility index (Phi) is 9.01. The van der Waals surface area contributed by atoms with Crippen molar-refractivity contribution in [3.63, 3.8) is 0 Å². The topological polar surface area (TPSA) is 121 Å². The van der Waals surface area contributed by atoms with Crippen LogP contribution in [0.25, 0.3) is 5.82 Å². The van der Waals surface area contributed by atoms with Crippen molar-refractivity contribution in [2.45, 2.75) is 71.5 Å². The molecular formula is C26H36ClFN6O4. The number of pyridine rings is 1. The van der Waals surface area contributed by atoms with Crippen LogP contribution >= 0.6 is 11.6 Å². The minimum Gasteiger partial charge on any atom is -0.465 e. The van der Waals surface area contributed by atoms with Gasteiger partial charge < -0.3 is 20.2 Å². The van der Waals surface area contributed by atoms with E-state index in [2.05, 4.69) is 15.4 Å². The average molecular weight is 551 g/mol. The number of nitrogens with one attached hydrogen (secondary N) is 1. The summed E-state index contributed by atoms with van der Waals surface area (Å²) in [6.45, 7) is 9.91. The third-order valence-electron chi connectivity index (χ3n) is 7.12. The molecule has 1 saturated heterocycles. The Bertz CT molecular complexity index is 1150. The zero-order valence-electron chi connectivity index (χ0n) is 22.4. The fourth-order valence-electron chi connectivity index (χ4n) is 5.07. The second-order valence-corrected chi connectivity index (χ2v) is 11.0. The molecule has 3 atom stereocenters. The van der Waals surface area contributed by atoms with E-state index in [4.69, 9.17) is 11.6 Å². The molecule has 0 aliphatic carbocycles. The van der Waals surface area contributed by atoms with Gasteiger partial charge in [0, 0.05) is 31.7 Å². The lowest BCUT2D eigenvalue weighted by atomic mass is 9.72. The highest BCUT2D eigenvalue weighted by atomic mass is 35.5. The largest absolute Gasteiger partial charge is 0.465 e. The summed E-state index contributed by atoms with van der Waals surface area (Å²) in [6, 6.07) is 2.45. The van der Waals surface area contributed by atoms with Gasteiger partial charge in [0.1, 0.15) is 11.4 Å². The van der Waals surface area contributed by atoms with E-state index < -0.39 is 34.9 Å². The number of hydrogen-bond acceptors (Lipinski definition) is 5. The quantitative estimate of drug-likeness (QED) is 0.479. The molecule has 3 rings (SSSR count). The van der Waals surface area contributed by atoms with Gasteiger partial charge in [-0.2, -0.15) is 5.10 Å². The van der Waals surface area contributed by atoms with Crippen molar-refractivity contribution in [3.8, 4) is 5.82 Å². The average Bonchev–Trinajstić information content (AvgIpc) is 3.32. The molecule has 10 nitrogen and oxygen atoms in total. The van der Waals surface area contributed by atoms with Crippen LogP contribution < -0.4 is 5.32 Å². The summed E-state index contributed by atoms with van der Waals surface area (Å²) < 4.78 is 14.6. The van der Waals surface area contributed by atoms with Crippen molar-refractivity contribution in [1.82, 2.24) is 29.9 Å². The summed E-state index contributed by atoms with van der Waals surface area (Å²) in [5, 5.41) is 16.8. The van der Waals surface area contributed by atoms with Gasteiger partial charge in [0.2, 0.25) is 11.8 Å². The molecule has 0 aromatic carbocycles. The Balaban J connectivity index is 1.94. The molecule has 2 aromatic rings. The zero-order chi connectivity index (χ0) is 28.3. The summed E-state index contributed by atoms with van der Waals surface area (Å²) in [5.41, 5.74) is -1.06. The number of carboxylic acid groups (broad SMARTS) is 1. The number of nitrogens with zero attached hydrogens (tertiary/aromatic N) is 5. The third-order valence-corrected chi connectivity index (χ3v) is 7.35. The SMILES string of the molecule is CCCN(C(=O)CCl)C1(C(=O)NC(C)c2ccc(-n3cc(F)cn3)nc2)CCN(C(=O)O)C(C(C)(C)C)C1. The van der Waals surface area contributed by atoms with E-state index in [1.165, 1.54) is 20.7 Å². The number of aromatic nitrogens is 3. The zero-order valence-corrected chi connectivity index (χ0v) is 23.2. The van der Waals surface area contributed by atoms with Crippen molar-refractivity contribution in [2.75, 3.05) is 19.0 Å². The van der Waals surface area contributed by atoms with Gasteiger partial charge in [0.15, 0.2) is 11.6 Å². The second-order valence-electron chi connectivity index (χ2n) is 10.8. The van der Waals surface area contributed by atoms with E-state index in [1.54, 1.807) is 25.3 Å². The maximum atomic E-state index is 14.1. The van der Waals surface area contributed by atoms with Crippen LogP contribution in [0.15, 0.2) is 30.7 Å². The lowest BCUT2D eigenvalue weighted by Gasteiger charge is -2.53. The molecule has 3 heterocycles. The Labute approximate surface area is 227 Å². The summed E-state index contributed by atoms with van der Waals surface area (Å²) in [7, 11) is 0. The van der Waals surface area contributed by atoms with Gasteiger partial charge in [-0.3, -0.25) is 9.59 Å². The number of carbonyl (C=O) groups is 3. The molecule has 0 saturated carbocycles. The number of alkyl halides is 1. The van der Waals surface area contributed by atoms with Crippen molar-refractivity contribution in [3.05, 3.63) is 42.1 Å². The first kappa shape index (κ1) is 29.3. The summed E-state index contributed by atoms with van der Waals surface area (Å²) in [5.74, 6) is -1.08. The van der Waals surface area contributed by atoms with Crippen molar-refractivity contribution in [1.29, 1.82) is 0 Å². The lowest BCUT2D eigenvalue weighted by Crippen LogP contribution is -2.69. The van der Waals surface area contributed by atoms with Crippen LogP contribution in [0.1, 0.15) is 65.5 Å². The first-order valence-corrected chi connectivity index (χ1v) is 13.2. The number of hydrogen-bond donors (Lipinski definition) is 2. The molecule has 12 heteroatoms. The van der Waals surface area contributed by atoms with E-state index in [1.807, 2.05) is 27.7 Å². The van der Waals surface area contributed by atoms with Crippen molar-refractivity contribution < 1.29 is 23.9 Å². The first-order valence-electron chi connectivity index (χ1n) is 12.7. The number of likely N-dealkylation sites (tertiary alicyclic amines) is 1. The predicted molar refractivity (Wildman–Crippen MR) is 141 cm³/mol. The Morgan fingerprint density at radius 3 is 2.53 bits per heavy atom. The standard InChI is InChI=1S/C26H36ClFN6O4/c1-6-10-33(22(35)13-27)26(9-11-32(24(37)38)20(12-26)25(3,4)5)23(36)31-17(2)18-7-8-21(29-14-18)34-16-19(28)15-30-34/h7-8,14-17,20H,6,9-13H2,1-5H3,(H,31,36)(H,37,38). The minimum atomic E-state index is -1.28. The van der Waals surface area contributed by atoms with Crippen molar-refractivity contribution >= 4 is 29.5 Å². The molecule has 0 spiro atoms. The van der Waals surface area contributed by atoms with Crippen LogP contribution in [-0.2, 0) is 9.59 Å². The fourth-order valence-corrected chi connectivity index (χ4v) is 5.22. The monoisotopic (exact) mass is 550 g/mol. The van der Waals surface area contributed by atoms with Crippen LogP contribution in [0, 0.1) is 11.2 Å². The maximum Gasteiger partial charge on any atom is 0.407 e. The van der Waals surface area contributed by atoms with Crippen LogP contribution in [-0.4, -0.2) is 78.1 Å². The van der Waals surface area contributed by atoms with Gasteiger partial charge in [0.25, 0.3) is 0 Å².